The van der Waals surface area contributed by atoms with Crippen LogP contribution in [0.5, 0.6) is 0 Å². The van der Waals surface area contributed by atoms with Crippen molar-refractivity contribution >= 4 is 5.91 Å². The zero-order valence-corrected chi connectivity index (χ0v) is 13.6. The van der Waals surface area contributed by atoms with Gasteiger partial charge >= 0.3 is 0 Å². The lowest BCUT2D eigenvalue weighted by Crippen LogP contribution is -2.42. The summed E-state index contributed by atoms with van der Waals surface area (Å²) in [5.41, 5.74) is 1.76. The van der Waals surface area contributed by atoms with E-state index in [2.05, 4.69) is 19.4 Å². The zero-order chi connectivity index (χ0) is 16.4. The van der Waals surface area contributed by atoms with Gasteiger partial charge in [0.25, 0.3) is 5.91 Å². The number of morpholine rings is 1. The van der Waals surface area contributed by atoms with E-state index in [1.54, 1.807) is 6.20 Å². The lowest BCUT2D eigenvalue weighted by atomic mass is 10.2. The van der Waals surface area contributed by atoms with Gasteiger partial charge in [0, 0.05) is 38.9 Å². The second-order valence-electron chi connectivity index (χ2n) is 6.15. The van der Waals surface area contributed by atoms with E-state index in [0.29, 0.717) is 32.0 Å². The predicted octanol–water partition coefficient (Wildman–Crippen LogP) is 0.766. The van der Waals surface area contributed by atoms with Crippen molar-refractivity contribution < 1.29 is 9.53 Å². The monoisotopic (exact) mass is 327 g/mol. The van der Waals surface area contributed by atoms with Crippen LogP contribution >= 0.6 is 0 Å². The molecule has 2 aliphatic heterocycles. The van der Waals surface area contributed by atoms with Crippen LogP contribution in [-0.4, -0.2) is 63.1 Å². The van der Waals surface area contributed by atoms with Crippen molar-refractivity contribution in [2.45, 2.75) is 19.6 Å². The molecule has 0 unspecified atom stereocenters. The summed E-state index contributed by atoms with van der Waals surface area (Å²) in [5.74, 6) is 1.02. The van der Waals surface area contributed by atoms with E-state index < -0.39 is 0 Å². The number of pyridine rings is 1. The van der Waals surface area contributed by atoms with E-state index in [1.807, 2.05) is 29.3 Å². The first-order valence-electron chi connectivity index (χ1n) is 8.35. The number of carbonyl (C=O) groups excluding carboxylic acids is 1. The number of imidazole rings is 1. The molecule has 126 valence electrons. The molecule has 0 N–H and O–H groups in total. The van der Waals surface area contributed by atoms with E-state index in [-0.39, 0.29) is 5.91 Å². The molecule has 1 saturated heterocycles. The maximum atomic E-state index is 12.7. The molecule has 0 aromatic carbocycles. The quantitative estimate of drug-likeness (QED) is 0.833. The van der Waals surface area contributed by atoms with Crippen LogP contribution in [-0.2, 0) is 24.4 Å². The highest BCUT2D eigenvalue weighted by Gasteiger charge is 2.26. The Kier molecular flexibility index (Phi) is 4.27. The first-order chi connectivity index (χ1) is 11.8. The molecule has 2 aromatic rings. The molecule has 1 amide bonds. The molecule has 7 nitrogen and oxygen atoms in total. The topological polar surface area (TPSA) is 63.5 Å². The van der Waals surface area contributed by atoms with E-state index in [9.17, 15) is 4.79 Å². The fourth-order valence-corrected chi connectivity index (χ4v) is 3.27. The van der Waals surface area contributed by atoms with E-state index in [1.165, 1.54) is 0 Å². The summed E-state index contributed by atoms with van der Waals surface area (Å²) in [5, 5.41) is 0. The number of hydrogen-bond donors (Lipinski definition) is 0. The summed E-state index contributed by atoms with van der Waals surface area (Å²) in [6, 6.07) is 5.97. The van der Waals surface area contributed by atoms with Gasteiger partial charge in [0.05, 0.1) is 31.6 Å². The van der Waals surface area contributed by atoms with Crippen LogP contribution in [0.15, 0.2) is 30.6 Å². The Bertz CT molecular complexity index is 709. The molecule has 4 heterocycles. The Balaban J connectivity index is 1.46. The van der Waals surface area contributed by atoms with Crippen LogP contribution in [0.25, 0.3) is 0 Å². The summed E-state index contributed by atoms with van der Waals surface area (Å²) >= 11 is 0. The van der Waals surface area contributed by atoms with Crippen molar-refractivity contribution in [3.8, 4) is 0 Å². The molecule has 0 radical (unpaired) electrons. The predicted molar refractivity (Wildman–Crippen MR) is 87.3 cm³/mol. The van der Waals surface area contributed by atoms with Crippen LogP contribution in [0.1, 0.15) is 22.0 Å². The average molecular weight is 327 g/mol. The molecular weight excluding hydrogens is 306 g/mol. The number of amides is 1. The molecule has 2 aromatic heterocycles. The molecule has 24 heavy (non-hydrogen) atoms. The van der Waals surface area contributed by atoms with E-state index in [0.717, 1.165) is 37.7 Å². The minimum atomic E-state index is 0.0650. The van der Waals surface area contributed by atoms with Gasteiger partial charge in [-0.25, -0.2) is 4.98 Å². The standard InChI is InChI=1S/C17H21N5O2/c23-17(21-7-9-24-10-8-21)15-11-19-16-13-20(5-6-22(15)16)12-14-3-1-2-4-18-14/h1-4,11H,5-10,12-13H2. The van der Waals surface area contributed by atoms with Crippen LogP contribution < -0.4 is 0 Å². The maximum absolute atomic E-state index is 12.7. The molecule has 0 bridgehead atoms. The third-order valence-electron chi connectivity index (χ3n) is 4.57. The van der Waals surface area contributed by atoms with Crippen LogP contribution in [0, 0.1) is 0 Å². The molecule has 7 heteroatoms. The highest BCUT2D eigenvalue weighted by atomic mass is 16.5. The van der Waals surface area contributed by atoms with Gasteiger partial charge in [-0.3, -0.25) is 14.7 Å². The largest absolute Gasteiger partial charge is 0.378 e. The van der Waals surface area contributed by atoms with Gasteiger partial charge in [0.2, 0.25) is 0 Å². The van der Waals surface area contributed by atoms with Gasteiger partial charge in [-0.1, -0.05) is 6.07 Å². The second kappa shape index (κ2) is 6.70. The van der Waals surface area contributed by atoms with Gasteiger partial charge in [-0.2, -0.15) is 0 Å². The van der Waals surface area contributed by atoms with Crippen molar-refractivity contribution in [2.24, 2.45) is 0 Å². The van der Waals surface area contributed by atoms with Crippen molar-refractivity contribution in [2.75, 3.05) is 32.8 Å². The average Bonchev–Trinajstić information content (AvgIpc) is 3.06. The summed E-state index contributed by atoms with van der Waals surface area (Å²) in [4.78, 5) is 25.7. The van der Waals surface area contributed by atoms with Crippen LogP contribution in [0.4, 0.5) is 0 Å². The third kappa shape index (κ3) is 3.05. The van der Waals surface area contributed by atoms with E-state index in [4.69, 9.17) is 4.74 Å². The van der Waals surface area contributed by atoms with Gasteiger partial charge in [-0.15, -0.1) is 0 Å². The fourth-order valence-electron chi connectivity index (χ4n) is 3.27. The van der Waals surface area contributed by atoms with Gasteiger partial charge < -0.3 is 14.2 Å². The number of aromatic nitrogens is 3. The maximum Gasteiger partial charge on any atom is 0.272 e. The summed E-state index contributed by atoms with van der Waals surface area (Å²) in [6.07, 6.45) is 3.54. The summed E-state index contributed by atoms with van der Waals surface area (Å²) < 4.78 is 7.38. The number of nitrogens with zero attached hydrogens (tertiary/aromatic N) is 5. The molecule has 1 fully saturated rings. The third-order valence-corrected chi connectivity index (χ3v) is 4.57. The molecule has 0 spiro atoms. The molecule has 2 aliphatic rings. The molecule has 0 atom stereocenters. The second-order valence-corrected chi connectivity index (χ2v) is 6.15. The number of fused-ring (bicyclic) bond motifs is 1. The smallest absolute Gasteiger partial charge is 0.272 e. The van der Waals surface area contributed by atoms with Crippen molar-refractivity contribution in [3.63, 3.8) is 0 Å². The molecule has 0 saturated carbocycles. The molecule has 0 aliphatic carbocycles. The van der Waals surface area contributed by atoms with Crippen molar-refractivity contribution in [1.82, 2.24) is 24.3 Å². The van der Waals surface area contributed by atoms with Gasteiger partial charge in [-0.05, 0) is 12.1 Å². The SMILES string of the molecule is O=C(c1cnc2n1CCN(Cc1ccccn1)C2)N1CCOCC1. The summed E-state index contributed by atoms with van der Waals surface area (Å²) in [7, 11) is 0. The Morgan fingerprint density at radius 1 is 1.12 bits per heavy atom. The number of hydrogen-bond acceptors (Lipinski definition) is 5. The lowest BCUT2D eigenvalue weighted by Gasteiger charge is -2.30. The van der Waals surface area contributed by atoms with Gasteiger partial charge in [0.15, 0.2) is 0 Å². The fraction of sp³-hybridized carbons (Fsp3) is 0.471. The van der Waals surface area contributed by atoms with Gasteiger partial charge in [0.1, 0.15) is 11.5 Å². The van der Waals surface area contributed by atoms with Crippen LogP contribution in [0.2, 0.25) is 0 Å². The minimum Gasteiger partial charge on any atom is -0.378 e. The minimum absolute atomic E-state index is 0.0650. The Morgan fingerprint density at radius 2 is 2.00 bits per heavy atom. The number of carbonyl (C=O) groups is 1. The highest BCUT2D eigenvalue weighted by Crippen LogP contribution is 2.17. The lowest BCUT2D eigenvalue weighted by molar-refractivity contribution is 0.0294. The number of ether oxygens (including phenoxy) is 1. The van der Waals surface area contributed by atoms with Crippen molar-refractivity contribution in [1.29, 1.82) is 0 Å². The Hall–Kier alpha value is -2.25. The van der Waals surface area contributed by atoms with Crippen LogP contribution in [0.3, 0.4) is 0 Å². The van der Waals surface area contributed by atoms with E-state index >= 15 is 0 Å². The Morgan fingerprint density at radius 3 is 2.79 bits per heavy atom. The highest BCUT2D eigenvalue weighted by molar-refractivity contribution is 5.92. The normalized spacial score (nSPS) is 18.4. The van der Waals surface area contributed by atoms with Crippen molar-refractivity contribution in [3.05, 3.63) is 47.8 Å². The summed E-state index contributed by atoms with van der Waals surface area (Å²) in [6.45, 7) is 5.77. The first-order valence-corrected chi connectivity index (χ1v) is 8.35. The molecule has 4 rings (SSSR count). The zero-order valence-electron chi connectivity index (χ0n) is 13.6. The molecular formula is C17H21N5O2. The first kappa shape index (κ1) is 15.3. The number of rotatable bonds is 3. The Labute approximate surface area is 140 Å².